The van der Waals surface area contributed by atoms with Crippen molar-refractivity contribution < 1.29 is 13.9 Å². The summed E-state index contributed by atoms with van der Waals surface area (Å²) < 4.78 is 17.2. The molecular formula is C9H12FN3O2. The van der Waals surface area contributed by atoms with E-state index in [1.54, 1.807) is 14.0 Å². The number of hydrogen-bond donors (Lipinski definition) is 0. The molecule has 1 aromatic rings. The van der Waals surface area contributed by atoms with Crippen molar-refractivity contribution in [1.29, 1.82) is 0 Å². The Morgan fingerprint density at radius 3 is 2.67 bits per heavy atom. The lowest BCUT2D eigenvalue weighted by atomic mass is 10.5. The quantitative estimate of drug-likeness (QED) is 0.686. The number of nitrogens with zero attached hydrogens (tertiary/aromatic N) is 3. The summed E-state index contributed by atoms with van der Waals surface area (Å²) in [6.45, 7) is 2.10. The third-order valence-corrected chi connectivity index (χ3v) is 1.62. The largest absolute Gasteiger partial charge is 0.465 e. The Bertz CT molecular complexity index is 329. The fourth-order valence-electron chi connectivity index (χ4n) is 0.974. The van der Waals surface area contributed by atoms with Gasteiger partial charge in [-0.15, -0.1) is 0 Å². The second-order valence-corrected chi connectivity index (χ2v) is 2.86. The molecule has 1 aromatic heterocycles. The van der Waals surface area contributed by atoms with Crippen molar-refractivity contribution in [2.75, 3.05) is 25.1 Å². The molecule has 0 N–H and O–H groups in total. The smallest absolute Gasteiger partial charge is 0.325 e. The van der Waals surface area contributed by atoms with Gasteiger partial charge in [0, 0.05) is 7.05 Å². The van der Waals surface area contributed by atoms with Gasteiger partial charge in [-0.25, -0.2) is 14.4 Å². The summed E-state index contributed by atoms with van der Waals surface area (Å²) >= 11 is 0. The highest BCUT2D eigenvalue weighted by molar-refractivity contribution is 5.74. The van der Waals surface area contributed by atoms with Crippen LogP contribution >= 0.6 is 0 Å². The molecule has 0 saturated heterocycles. The summed E-state index contributed by atoms with van der Waals surface area (Å²) in [6.07, 6.45) is 2.09. The van der Waals surface area contributed by atoms with Crippen LogP contribution in [-0.4, -0.2) is 36.1 Å². The van der Waals surface area contributed by atoms with Crippen molar-refractivity contribution in [3.63, 3.8) is 0 Å². The fraction of sp³-hybridized carbons (Fsp3) is 0.444. The number of aromatic nitrogens is 2. The second-order valence-electron chi connectivity index (χ2n) is 2.86. The summed E-state index contributed by atoms with van der Waals surface area (Å²) in [5, 5.41) is 0. The first-order chi connectivity index (χ1) is 7.13. The van der Waals surface area contributed by atoms with E-state index < -0.39 is 5.82 Å². The standard InChI is InChI=1S/C9H12FN3O2/c1-3-15-8(14)6-13(2)9-11-4-7(10)5-12-9/h4-5H,3,6H2,1-2H3. The van der Waals surface area contributed by atoms with Crippen LogP contribution in [0, 0.1) is 5.82 Å². The molecule has 1 rings (SSSR count). The molecule has 82 valence electrons. The summed E-state index contributed by atoms with van der Waals surface area (Å²) in [7, 11) is 1.63. The monoisotopic (exact) mass is 213 g/mol. The minimum Gasteiger partial charge on any atom is -0.465 e. The zero-order valence-corrected chi connectivity index (χ0v) is 8.61. The maximum absolute atomic E-state index is 12.5. The number of esters is 1. The van der Waals surface area contributed by atoms with Gasteiger partial charge in [0.2, 0.25) is 5.95 Å². The topological polar surface area (TPSA) is 55.3 Å². The Kier molecular flexibility index (Phi) is 3.96. The maximum Gasteiger partial charge on any atom is 0.325 e. The van der Waals surface area contributed by atoms with Gasteiger partial charge in [0.25, 0.3) is 0 Å². The molecule has 0 radical (unpaired) electrons. The van der Waals surface area contributed by atoms with Gasteiger partial charge in [0.15, 0.2) is 5.82 Å². The Morgan fingerprint density at radius 2 is 2.13 bits per heavy atom. The maximum atomic E-state index is 12.5. The summed E-state index contributed by atoms with van der Waals surface area (Å²) in [4.78, 5) is 20.0. The van der Waals surface area contributed by atoms with Gasteiger partial charge >= 0.3 is 5.97 Å². The molecule has 1 heterocycles. The van der Waals surface area contributed by atoms with E-state index in [0.717, 1.165) is 12.4 Å². The van der Waals surface area contributed by atoms with Crippen molar-refractivity contribution in [2.45, 2.75) is 6.92 Å². The lowest BCUT2D eigenvalue weighted by Gasteiger charge is -2.14. The number of anilines is 1. The Hall–Kier alpha value is -1.72. The second kappa shape index (κ2) is 5.23. The molecule has 0 amide bonds. The first-order valence-electron chi connectivity index (χ1n) is 4.47. The highest BCUT2D eigenvalue weighted by Crippen LogP contribution is 2.03. The first kappa shape index (κ1) is 11.4. The number of carbonyl (C=O) groups is 1. The molecule has 0 aliphatic heterocycles. The molecule has 0 saturated carbocycles. The predicted molar refractivity (Wildman–Crippen MR) is 51.9 cm³/mol. The number of carbonyl (C=O) groups excluding carboxylic acids is 1. The average molecular weight is 213 g/mol. The third kappa shape index (κ3) is 3.49. The highest BCUT2D eigenvalue weighted by Gasteiger charge is 2.09. The molecule has 0 fully saturated rings. The molecule has 6 heteroatoms. The van der Waals surface area contributed by atoms with Gasteiger partial charge in [0.1, 0.15) is 6.54 Å². The fourth-order valence-corrected chi connectivity index (χ4v) is 0.974. The van der Waals surface area contributed by atoms with Gasteiger partial charge in [0.05, 0.1) is 19.0 Å². The van der Waals surface area contributed by atoms with E-state index in [1.807, 2.05) is 0 Å². The molecule has 0 spiro atoms. The molecule has 0 bridgehead atoms. The Balaban J connectivity index is 2.57. The predicted octanol–water partition coefficient (Wildman–Crippen LogP) is 0.615. The van der Waals surface area contributed by atoms with Crippen molar-refractivity contribution >= 4 is 11.9 Å². The number of ether oxygens (including phenoxy) is 1. The molecule has 5 nitrogen and oxygen atoms in total. The highest BCUT2D eigenvalue weighted by atomic mass is 19.1. The zero-order chi connectivity index (χ0) is 11.3. The van der Waals surface area contributed by atoms with E-state index in [4.69, 9.17) is 4.74 Å². The van der Waals surface area contributed by atoms with Gasteiger partial charge < -0.3 is 9.64 Å². The van der Waals surface area contributed by atoms with Crippen molar-refractivity contribution in [2.24, 2.45) is 0 Å². The number of likely N-dealkylation sites (N-methyl/N-ethyl adjacent to an activating group) is 1. The summed E-state index contributed by atoms with van der Waals surface area (Å²) in [5.74, 6) is -0.597. The van der Waals surface area contributed by atoms with Crippen LogP contribution in [0.1, 0.15) is 6.92 Å². The third-order valence-electron chi connectivity index (χ3n) is 1.62. The van der Waals surface area contributed by atoms with Gasteiger partial charge in [-0.2, -0.15) is 0 Å². The normalized spacial score (nSPS) is 9.80. The minimum absolute atomic E-state index is 0.0411. The lowest BCUT2D eigenvalue weighted by Crippen LogP contribution is -2.28. The van der Waals surface area contributed by atoms with Crippen molar-refractivity contribution in [1.82, 2.24) is 9.97 Å². The Morgan fingerprint density at radius 1 is 1.53 bits per heavy atom. The summed E-state index contributed by atoms with van der Waals surface area (Å²) in [6, 6.07) is 0. The van der Waals surface area contributed by atoms with Crippen LogP contribution in [0.4, 0.5) is 10.3 Å². The van der Waals surface area contributed by atoms with E-state index in [2.05, 4.69) is 9.97 Å². The lowest BCUT2D eigenvalue weighted by molar-refractivity contribution is -0.141. The zero-order valence-electron chi connectivity index (χ0n) is 8.61. The molecule has 0 atom stereocenters. The number of hydrogen-bond acceptors (Lipinski definition) is 5. The van der Waals surface area contributed by atoms with Crippen LogP contribution in [0.3, 0.4) is 0 Å². The molecule has 15 heavy (non-hydrogen) atoms. The van der Waals surface area contributed by atoms with Crippen molar-refractivity contribution in [3.8, 4) is 0 Å². The minimum atomic E-state index is -0.511. The van der Waals surface area contributed by atoms with Crippen LogP contribution in [0.5, 0.6) is 0 Å². The summed E-state index contributed by atoms with van der Waals surface area (Å²) in [5.41, 5.74) is 0. The van der Waals surface area contributed by atoms with Gasteiger partial charge in [-0.3, -0.25) is 4.79 Å². The van der Waals surface area contributed by atoms with E-state index in [0.29, 0.717) is 6.61 Å². The van der Waals surface area contributed by atoms with Crippen molar-refractivity contribution in [3.05, 3.63) is 18.2 Å². The molecule has 0 aromatic carbocycles. The van der Waals surface area contributed by atoms with E-state index in [1.165, 1.54) is 4.90 Å². The molecular weight excluding hydrogens is 201 g/mol. The van der Waals surface area contributed by atoms with Crippen LogP contribution < -0.4 is 4.90 Å². The van der Waals surface area contributed by atoms with E-state index in [9.17, 15) is 9.18 Å². The molecule has 0 unspecified atom stereocenters. The SMILES string of the molecule is CCOC(=O)CN(C)c1ncc(F)cn1. The van der Waals surface area contributed by atoms with Crippen LogP contribution in [-0.2, 0) is 9.53 Å². The van der Waals surface area contributed by atoms with Crippen LogP contribution in [0.15, 0.2) is 12.4 Å². The van der Waals surface area contributed by atoms with Crippen LogP contribution in [0.25, 0.3) is 0 Å². The number of halogens is 1. The Labute approximate surface area is 86.9 Å². The molecule has 0 aliphatic rings. The van der Waals surface area contributed by atoms with Gasteiger partial charge in [-0.05, 0) is 6.92 Å². The van der Waals surface area contributed by atoms with Crippen LogP contribution in [0.2, 0.25) is 0 Å². The van der Waals surface area contributed by atoms with Gasteiger partial charge in [-0.1, -0.05) is 0 Å². The molecule has 0 aliphatic carbocycles. The van der Waals surface area contributed by atoms with E-state index >= 15 is 0 Å². The number of rotatable bonds is 4. The van der Waals surface area contributed by atoms with E-state index in [-0.39, 0.29) is 18.5 Å². The first-order valence-corrected chi connectivity index (χ1v) is 4.47. The average Bonchev–Trinajstić information content (AvgIpc) is 2.18.